The largest absolute Gasteiger partial charge is 0.483 e. The maximum atomic E-state index is 12.0. The van der Waals surface area contributed by atoms with Crippen molar-refractivity contribution in [3.63, 3.8) is 0 Å². The van der Waals surface area contributed by atoms with Crippen LogP contribution in [0.2, 0.25) is 10.0 Å². The Hall–Kier alpha value is -1.23. The van der Waals surface area contributed by atoms with Gasteiger partial charge in [-0.15, -0.1) is 0 Å². The Labute approximate surface area is 154 Å². The van der Waals surface area contributed by atoms with Gasteiger partial charge in [0.2, 0.25) is 0 Å². The van der Waals surface area contributed by atoms with Crippen LogP contribution in [0.25, 0.3) is 0 Å². The second kappa shape index (κ2) is 8.57. The van der Waals surface area contributed by atoms with Gasteiger partial charge in [-0.2, -0.15) is 0 Å². The summed E-state index contributed by atoms with van der Waals surface area (Å²) in [5.41, 5.74) is 1.76. The predicted octanol–water partition coefficient (Wildman–Crippen LogP) is 5.73. The van der Waals surface area contributed by atoms with Crippen molar-refractivity contribution in [2.75, 3.05) is 11.9 Å². The number of benzene rings is 2. The van der Waals surface area contributed by atoms with Crippen LogP contribution in [0.15, 0.2) is 40.9 Å². The number of carbonyl (C=O) groups excluding carboxylic acids is 1. The molecule has 0 atom stereocenters. The Kier molecular flexibility index (Phi) is 6.75. The molecular weight excluding hydrogens is 401 g/mol. The molecule has 0 aliphatic heterocycles. The number of anilines is 1. The molecule has 0 radical (unpaired) electrons. The van der Waals surface area contributed by atoms with E-state index in [0.717, 1.165) is 17.3 Å². The molecule has 0 aromatic heterocycles. The summed E-state index contributed by atoms with van der Waals surface area (Å²) in [7, 11) is 0. The van der Waals surface area contributed by atoms with Gasteiger partial charge >= 0.3 is 0 Å². The number of carbonyl (C=O) groups is 1. The highest BCUT2D eigenvalue weighted by molar-refractivity contribution is 9.10. The van der Waals surface area contributed by atoms with Crippen LogP contribution in [-0.2, 0) is 11.2 Å². The Morgan fingerprint density at radius 2 is 1.87 bits per heavy atom. The fraction of sp³-hybridized carbons (Fsp3) is 0.235. The number of rotatable bonds is 6. The van der Waals surface area contributed by atoms with E-state index in [1.165, 1.54) is 5.56 Å². The van der Waals surface area contributed by atoms with Crippen molar-refractivity contribution in [3.8, 4) is 5.75 Å². The van der Waals surface area contributed by atoms with Crippen molar-refractivity contribution in [2.24, 2.45) is 0 Å². The van der Waals surface area contributed by atoms with Crippen LogP contribution in [-0.4, -0.2) is 12.5 Å². The van der Waals surface area contributed by atoms with Crippen molar-refractivity contribution in [2.45, 2.75) is 19.8 Å². The summed E-state index contributed by atoms with van der Waals surface area (Å²) in [6, 6.07) is 10.7. The molecule has 2 rings (SSSR count). The highest BCUT2D eigenvalue weighted by atomic mass is 79.9. The van der Waals surface area contributed by atoms with Gasteiger partial charge in [0.15, 0.2) is 6.61 Å². The molecule has 2 aromatic carbocycles. The molecule has 0 aliphatic rings. The standard InChI is InChI=1S/C17H16BrCl2NO2/c1-2-3-11-4-5-16(15(18)6-11)23-10-17(22)21-14-8-12(19)7-13(20)9-14/h4-9H,2-3,10H2,1H3,(H,21,22). The number of ether oxygens (including phenoxy) is 1. The summed E-state index contributed by atoms with van der Waals surface area (Å²) in [5, 5.41) is 3.62. The van der Waals surface area contributed by atoms with Crippen LogP contribution in [0.1, 0.15) is 18.9 Å². The van der Waals surface area contributed by atoms with Gasteiger partial charge in [-0.1, -0.05) is 42.6 Å². The predicted molar refractivity (Wildman–Crippen MR) is 98.7 cm³/mol. The first-order valence-corrected chi connectivity index (χ1v) is 8.70. The van der Waals surface area contributed by atoms with Gasteiger partial charge in [0.1, 0.15) is 5.75 Å². The molecule has 0 aliphatic carbocycles. The Bertz CT molecular complexity index is 687. The average molecular weight is 417 g/mol. The lowest BCUT2D eigenvalue weighted by Crippen LogP contribution is -2.20. The Balaban J connectivity index is 1.93. The normalized spacial score (nSPS) is 10.4. The van der Waals surface area contributed by atoms with Crippen LogP contribution in [0.5, 0.6) is 5.75 Å². The lowest BCUT2D eigenvalue weighted by Gasteiger charge is -2.10. The zero-order chi connectivity index (χ0) is 16.8. The molecule has 3 nitrogen and oxygen atoms in total. The van der Waals surface area contributed by atoms with Crippen molar-refractivity contribution >= 4 is 50.7 Å². The van der Waals surface area contributed by atoms with Crippen LogP contribution in [0.4, 0.5) is 5.69 Å². The smallest absolute Gasteiger partial charge is 0.262 e. The molecule has 0 saturated carbocycles. The van der Waals surface area contributed by atoms with Gasteiger partial charge in [0.25, 0.3) is 5.91 Å². The van der Waals surface area contributed by atoms with Crippen molar-refractivity contribution in [3.05, 3.63) is 56.5 Å². The van der Waals surface area contributed by atoms with Crippen LogP contribution < -0.4 is 10.1 Å². The van der Waals surface area contributed by atoms with E-state index in [0.29, 0.717) is 21.5 Å². The Morgan fingerprint density at radius 3 is 2.48 bits per heavy atom. The second-order valence-electron chi connectivity index (χ2n) is 5.01. The van der Waals surface area contributed by atoms with E-state index in [1.54, 1.807) is 18.2 Å². The van der Waals surface area contributed by atoms with Crippen molar-refractivity contribution in [1.82, 2.24) is 0 Å². The van der Waals surface area contributed by atoms with E-state index < -0.39 is 0 Å². The summed E-state index contributed by atoms with van der Waals surface area (Å²) in [6.45, 7) is 2.03. The van der Waals surface area contributed by atoms with E-state index in [1.807, 2.05) is 18.2 Å². The molecule has 0 bridgehead atoms. The quantitative estimate of drug-likeness (QED) is 0.653. The summed E-state index contributed by atoms with van der Waals surface area (Å²) in [4.78, 5) is 12.0. The molecule has 23 heavy (non-hydrogen) atoms. The fourth-order valence-corrected chi connectivity index (χ4v) is 3.14. The minimum atomic E-state index is -0.284. The second-order valence-corrected chi connectivity index (χ2v) is 6.74. The van der Waals surface area contributed by atoms with Gasteiger partial charge in [-0.05, 0) is 58.2 Å². The minimum absolute atomic E-state index is 0.101. The van der Waals surface area contributed by atoms with Crippen molar-refractivity contribution < 1.29 is 9.53 Å². The maximum absolute atomic E-state index is 12.0. The molecule has 0 spiro atoms. The molecule has 6 heteroatoms. The first kappa shape index (κ1) is 18.1. The number of nitrogens with one attached hydrogen (secondary N) is 1. The van der Waals surface area contributed by atoms with Gasteiger partial charge in [0, 0.05) is 15.7 Å². The molecule has 0 fully saturated rings. The van der Waals surface area contributed by atoms with Gasteiger partial charge in [-0.25, -0.2) is 0 Å². The van der Waals surface area contributed by atoms with Crippen LogP contribution in [0.3, 0.4) is 0 Å². The summed E-state index contributed by atoms with van der Waals surface area (Å²) < 4.78 is 6.37. The molecule has 1 N–H and O–H groups in total. The number of halogens is 3. The van der Waals surface area contributed by atoms with Gasteiger partial charge in [-0.3, -0.25) is 4.79 Å². The number of hydrogen-bond donors (Lipinski definition) is 1. The van der Waals surface area contributed by atoms with Crippen LogP contribution in [0, 0.1) is 0 Å². The summed E-state index contributed by atoms with van der Waals surface area (Å²) in [5.74, 6) is 0.344. The maximum Gasteiger partial charge on any atom is 0.262 e. The Morgan fingerprint density at radius 1 is 1.17 bits per heavy atom. The topological polar surface area (TPSA) is 38.3 Å². The van der Waals surface area contributed by atoms with Crippen LogP contribution >= 0.6 is 39.1 Å². The fourth-order valence-electron chi connectivity index (χ4n) is 2.07. The molecule has 1 amide bonds. The molecule has 0 unspecified atom stereocenters. The first-order chi connectivity index (χ1) is 11.0. The third-order valence-electron chi connectivity index (χ3n) is 3.04. The van der Waals surface area contributed by atoms with Gasteiger partial charge in [0.05, 0.1) is 4.47 Å². The number of aryl methyl sites for hydroxylation is 1. The lowest BCUT2D eigenvalue weighted by atomic mass is 10.1. The minimum Gasteiger partial charge on any atom is -0.483 e. The van der Waals surface area contributed by atoms with E-state index in [9.17, 15) is 4.79 Å². The van der Waals surface area contributed by atoms with E-state index in [2.05, 4.69) is 28.2 Å². The number of hydrogen-bond acceptors (Lipinski definition) is 2. The monoisotopic (exact) mass is 415 g/mol. The average Bonchev–Trinajstić information content (AvgIpc) is 2.45. The van der Waals surface area contributed by atoms with Gasteiger partial charge < -0.3 is 10.1 Å². The SMILES string of the molecule is CCCc1ccc(OCC(=O)Nc2cc(Cl)cc(Cl)c2)c(Br)c1. The summed E-state index contributed by atoms with van der Waals surface area (Å²) >= 11 is 15.3. The molecule has 2 aromatic rings. The molecule has 122 valence electrons. The molecule has 0 saturated heterocycles. The van der Waals surface area contributed by atoms with E-state index in [4.69, 9.17) is 27.9 Å². The third kappa shape index (κ3) is 5.72. The highest BCUT2D eigenvalue weighted by Crippen LogP contribution is 2.27. The van der Waals surface area contributed by atoms with E-state index in [-0.39, 0.29) is 12.5 Å². The zero-order valence-corrected chi connectivity index (χ0v) is 15.6. The third-order valence-corrected chi connectivity index (χ3v) is 4.10. The van der Waals surface area contributed by atoms with Crippen molar-refractivity contribution in [1.29, 1.82) is 0 Å². The zero-order valence-electron chi connectivity index (χ0n) is 12.5. The number of amides is 1. The highest BCUT2D eigenvalue weighted by Gasteiger charge is 2.08. The molecular formula is C17H16BrCl2NO2. The lowest BCUT2D eigenvalue weighted by molar-refractivity contribution is -0.118. The van der Waals surface area contributed by atoms with E-state index >= 15 is 0 Å². The first-order valence-electron chi connectivity index (χ1n) is 7.15. The molecule has 0 heterocycles. The summed E-state index contributed by atoms with van der Waals surface area (Å²) in [6.07, 6.45) is 2.09.